The smallest absolute Gasteiger partial charge is 0.313 e. The predicted molar refractivity (Wildman–Crippen MR) is 58.3 cm³/mol. The Bertz CT molecular complexity index is 582. The van der Waals surface area contributed by atoms with Gasteiger partial charge in [0.15, 0.2) is 0 Å². The molecule has 1 saturated heterocycles. The second-order valence-corrected chi connectivity index (χ2v) is 5.78. The number of amides is 1. The van der Waals surface area contributed by atoms with Gasteiger partial charge < -0.3 is 4.90 Å². The van der Waals surface area contributed by atoms with Gasteiger partial charge in [0.1, 0.15) is 0 Å². The van der Waals surface area contributed by atoms with Crippen molar-refractivity contribution >= 4 is 5.91 Å². The minimum absolute atomic E-state index is 0.394. The molecular weight excluding hydrogens is 402 g/mol. The van der Waals surface area contributed by atoms with Crippen LogP contribution < -0.4 is 0 Å². The number of fused-ring (bicyclic) bond motifs is 2. The van der Waals surface area contributed by atoms with Crippen LogP contribution in [0.3, 0.4) is 0 Å². The Morgan fingerprint density at radius 2 is 1.27 bits per heavy atom. The molecule has 2 rings (SSSR count). The van der Waals surface area contributed by atoms with Crippen molar-refractivity contribution in [1.82, 2.24) is 4.90 Å². The third-order valence-electron chi connectivity index (χ3n) is 4.31. The lowest BCUT2D eigenvalue weighted by Gasteiger charge is -2.47. The Hall–Kier alpha value is -1.63. The molecule has 0 radical (unpaired) electrons. The second-order valence-electron chi connectivity index (χ2n) is 5.78. The van der Waals surface area contributed by atoms with Gasteiger partial charge in [0.05, 0.1) is 6.04 Å². The highest BCUT2D eigenvalue weighted by Crippen LogP contribution is 2.61. The Kier molecular flexibility index (Phi) is 4.33. The summed E-state index contributed by atoms with van der Waals surface area (Å²) in [4.78, 5) is 10.4. The number of carbonyl (C=O) groups is 1. The van der Waals surface area contributed by atoms with Crippen LogP contribution in [-0.2, 0) is 4.79 Å². The predicted octanol–water partition coefficient (Wildman–Crippen LogP) is 4.38. The first kappa shape index (κ1) is 20.7. The molecule has 0 aromatic carbocycles. The van der Waals surface area contributed by atoms with Crippen molar-refractivity contribution in [2.24, 2.45) is 11.8 Å². The van der Waals surface area contributed by atoms with Gasteiger partial charge in [-0.05, 0) is 6.42 Å². The minimum atomic E-state index is -6.43. The molecule has 1 fully saturated rings. The number of likely N-dealkylation sites (tertiary alicyclic amines) is 1. The van der Waals surface area contributed by atoms with Crippen LogP contribution >= 0.6 is 0 Å². The maximum atomic E-state index is 13.3. The van der Waals surface area contributed by atoms with E-state index >= 15 is 0 Å². The van der Waals surface area contributed by atoms with Crippen LogP contribution in [0, 0.1) is 11.8 Å². The molecule has 2 aliphatic rings. The van der Waals surface area contributed by atoms with E-state index in [2.05, 4.69) is 0 Å². The zero-order valence-corrected chi connectivity index (χ0v) is 12.0. The number of halogens is 12. The summed E-state index contributed by atoms with van der Waals surface area (Å²) in [5.74, 6) is -10.9. The van der Waals surface area contributed by atoms with Crippen molar-refractivity contribution in [3.05, 3.63) is 12.2 Å². The van der Waals surface area contributed by atoms with E-state index in [-0.39, 0.29) is 0 Å². The Morgan fingerprint density at radius 3 is 1.62 bits per heavy atom. The number of nitrogens with zero attached hydrogens (tertiary/aromatic N) is 1. The molecule has 0 aromatic heterocycles. The summed E-state index contributed by atoms with van der Waals surface area (Å²) in [6, 6.07) is -2.19. The molecule has 1 aliphatic heterocycles. The molecule has 2 nitrogen and oxygen atoms in total. The average Bonchev–Trinajstić information content (AvgIpc) is 2.90. The normalized spacial score (nSPS) is 26.1. The van der Waals surface area contributed by atoms with Gasteiger partial charge in [0.25, 0.3) is 0 Å². The van der Waals surface area contributed by atoms with Crippen LogP contribution in [0.5, 0.6) is 0 Å². The molecule has 14 heteroatoms. The summed E-state index contributed by atoms with van der Waals surface area (Å²) < 4.78 is 156. The van der Waals surface area contributed by atoms with Crippen LogP contribution in [0.2, 0.25) is 0 Å². The van der Waals surface area contributed by atoms with Crippen LogP contribution in [0.4, 0.5) is 52.7 Å². The van der Waals surface area contributed by atoms with E-state index in [1.165, 1.54) is 0 Å². The van der Waals surface area contributed by atoms with Gasteiger partial charge in [-0.3, -0.25) is 4.79 Å². The summed E-state index contributed by atoms with van der Waals surface area (Å²) >= 11 is 0. The first-order valence-electron chi connectivity index (χ1n) is 6.65. The van der Waals surface area contributed by atoms with Crippen LogP contribution in [0.1, 0.15) is 6.42 Å². The van der Waals surface area contributed by atoms with Gasteiger partial charge in [-0.2, -0.15) is 52.7 Å². The second kappa shape index (κ2) is 5.44. The molecule has 26 heavy (non-hydrogen) atoms. The van der Waals surface area contributed by atoms with Gasteiger partial charge in [0, 0.05) is 5.92 Å². The van der Waals surface area contributed by atoms with Crippen molar-refractivity contribution in [2.75, 3.05) is 0 Å². The molecular formula is C12H7F12NO. The third-order valence-corrected chi connectivity index (χ3v) is 4.31. The van der Waals surface area contributed by atoms with Crippen molar-refractivity contribution in [3.63, 3.8) is 0 Å². The fourth-order valence-electron chi connectivity index (χ4n) is 3.42. The maximum Gasteiger partial charge on any atom is 0.421 e. The number of rotatable bonds is 1. The first-order chi connectivity index (χ1) is 11.4. The van der Waals surface area contributed by atoms with E-state index in [1.807, 2.05) is 0 Å². The maximum absolute atomic E-state index is 13.3. The molecule has 2 bridgehead atoms. The third kappa shape index (κ3) is 2.71. The topological polar surface area (TPSA) is 20.3 Å². The zero-order chi connectivity index (χ0) is 20.5. The Balaban J connectivity index is 2.69. The molecule has 0 saturated carbocycles. The standard InChI is InChI=1S/C12H7F12NO/c13-9(14,15)6(10(16,17)18)7(26)25-5-2-1-4(3-5)8(25,11(19,20)21)12(22,23)24/h1-2,4-6H,3H2. The molecule has 0 N–H and O–H groups in total. The van der Waals surface area contributed by atoms with E-state index < -0.39 is 65.3 Å². The van der Waals surface area contributed by atoms with E-state index in [1.54, 1.807) is 0 Å². The fraction of sp³-hybridized carbons (Fsp3) is 0.750. The van der Waals surface area contributed by atoms with Crippen LogP contribution in [-0.4, -0.2) is 47.1 Å². The molecule has 1 amide bonds. The quantitative estimate of drug-likeness (QED) is 0.465. The van der Waals surface area contributed by atoms with Crippen molar-refractivity contribution in [1.29, 1.82) is 0 Å². The Morgan fingerprint density at radius 1 is 0.846 bits per heavy atom. The van der Waals surface area contributed by atoms with Gasteiger partial charge in [0.2, 0.25) is 17.4 Å². The highest BCUT2D eigenvalue weighted by atomic mass is 19.4. The first-order valence-corrected chi connectivity index (χ1v) is 6.65. The summed E-state index contributed by atoms with van der Waals surface area (Å²) in [6.07, 6.45) is -25.7. The molecule has 150 valence electrons. The number of hydrogen-bond donors (Lipinski definition) is 0. The highest BCUT2D eigenvalue weighted by molar-refractivity contribution is 5.83. The lowest BCUT2D eigenvalue weighted by atomic mass is 9.82. The van der Waals surface area contributed by atoms with Gasteiger partial charge >= 0.3 is 24.7 Å². The van der Waals surface area contributed by atoms with Gasteiger partial charge in [-0.25, -0.2) is 0 Å². The summed E-state index contributed by atoms with van der Waals surface area (Å²) in [5, 5.41) is 0. The number of carbonyl (C=O) groups excluding carboxylic acids is 1. The van der Waals surface area contributed by atoms with Gasteiger partial charge in [-0.15, -0.1) is 0 Å². The van der Waals surface area contributed by atoms with E-state index in [4.69, 9.17) is 0 Å². The van der Waals surface area contributed by atoms with Gasteiger partial charge in [-0.1, -0.05) is 12.2 Å². The average molecular weight is 409 g/mol. The number of alkyl halides is 12. The lowest BCUT2D eigenvalue weighted by molar-refractivity contribution is -0.345. The van der Waals surface area contributed by atoms with Crippen LogP contribution in [0.25, 0.3) is 0 Å². The van der Waals surface area contributed by atoms with Crippen molar-refractivity contribution < 1.29 is 57.5 Å². The van der Waals surface area contributed by atoms with E-state index in [0.717, 1.165) is 0 Å². The number of hydrogen-bond acceptors (Lipinski definition) is 1. The van der Waals surface area contributed by atoms with E-state index in [9.17, 15) is 57.5 Å². The van der Waals surface area contributed by atoms with Crippen molar-refractivity contribution in [3.8, 4) is 0 Å². The largest absolute Gasteiger partial charge is 0.421 e. The minimum Gasteiger partial charge on any atom is -0.313 e. The lowest BCUT2D eigenvalue weighted by Crippen LogP contribution is -2.72. The van der Waals surface area contributed by atoms with Crippen LogP contribution in [0.15, 0.2) is 12.2 Å². The molecule has 0 spiro atoms. The zero-order valence-electron chi connectivity index (χ0n) is 12.0. The molecule has 0 aromatic rings. The fourth-order valence-corrected chi connectivity index (χ4v) is 3.42. The Labute approximate surface area is 136 Å². The molecule has 2 atom stereocenters. The molecule has 1 heterocycles. The SMILES string of the molecule is O=C(C(C(F)(F)F)C(F)(F)F)N1C2C=CC(C2)C1(C(F)(F)F)C(F)(F)F. The van der Waals surface area contributed by atoms with Crippen molar-refractivity contribution in [2.45, 2.75) is 42.7 Å². The highest BCUT2D eigenvalue weighted by Gasteiger charge is 2.83. The molecule has 1 aliphatic carbocycles. The monoisotopic (exact) mass is 409 g/mol. The molecule has 2 unspecified atom stereocenters. The van der Waals surface area contributed by atoms with E-state index in [0.29, 0.717) is 12.2 Å². The summed E-state index contributed by atoms with van der Waals surface area (Å²) in [5.41, 5.74) is -5.16. The summed E-state index contributed by atoms with van der Waals surface area (Å²) in [6.45, 7) is 0. The summed E-state index contributed by atoms with van der Waals surface area (Å²) in [7, 11) is 0.